The third-order valence-corrected chi connectivity index (χ3v) is 4.63. The van der Waals surface area contributed by atoms with Crippen LogP contribution in [0.15, 0.2) is 41.8 Å². The summed E-state index contributed by atoms with van der Waals surface area (Å²) in [5.41, 5.74) is 0.582. The van der Waals surface area contributed by atoms with Crippen LogP contribution in [0.4, 0.5) is 5.69 Å². The van der Waals surface area contributed by atoms with Gasteiger partial charge in [-0.2, -0.15) is 0 Å². The van der Waals surface area contributed by atoms with Crippen LogP contribution >= 0.6 is 11.3 Å². The molecular weight excluding hydrogens is 342 g/mol. The first-order valence-electron chi connectivity index (χ1n) is 7.69. The molecule has 0 unspecified atom stereocenters. The Morgan fingerprint density at radius 1 is 1.24 bits per heavy atom. The normalized spacial score (nSPS) is 15.7. The van der Waals surface area contributed by atoms with Crippen LogP contribution in [0.3, 0.4) is 0 Å². The summed E-state index contributed by atoms with van der Waals surface area (Å²) in [6.07, 6.45) is -0.795. The van der Waals surface area contributed by atoms with Gasteiger partial charge in [0.25, 0.3) is 11.8 Å². The van der Waals surface area contributed by atoms with Gasteiger partial charge in [-0.3, -0.25) is 14.4 Å². The molecule has 8 heteroatoms. The summed E-state index contributed by atoms with van der Waals surface area (Å²) >= 11 is 1.30. The van der Waals surface area contributed by atoms with E-state index < -0.39 is 6.10 Å². The topological polar surface area (TPSA) is 87.7 Å². The number of ether oxygens (including phenoxy) is 1. The minimum absolute atomic E-state index is 0.0877. The standard InChI is InChI=1S/C17H17N3O4S/c1-18-16(22)13-10-20(11-5-2-3-6-12(11)24-13)15(21)9-19-17(23)14-7-4-8-25-14/h2-8,13H,9-10H2,1H3,(H,18,22)(H,19,23)/t13-/m0/s1. The number of nitrogens with one attached hydrogen (secondary N) is 2. The fourth-order valence-electron chi connectivity index (χ4n) is 2.51. The van der Waals surface area contributed by atoms with E-state index in [1.165, 1.54) is 23.3 Å². The number of carbonyl (C=O) groups is 3. The van der Waals surface area contributed by atoms with Gasteiger partial charge in [-0.15, -0.1) is 11.3 Å². The van der Waals surface area contributed by atoms with Gasteiger partial charge >= 0.3 is 0 Å². The molecule has 2 aromatic rings. The van der Waals surface area contributed by atoms with Crippen LogP contribution in [0.1, 0.15) is 9.67 Å². The largest absolute Gasteiger partial charge is 0.477 e. The molecule has 1 atom stereocenters. The summed E-state index contributed by atoms with van der Waals surface area (Å²) in [7, 11) is 1.51. The maximum atomic E-state index is 12.6. The number of thiophene rings is 1. The highest BCUT2D eigenvalue weighted by Gasteiger charge is 2.33. The van der Waals surface area contributed by atoms with Crippen molar-refractivity contribution in [1.82, 2.24) is 10.6 Å². The summed E-state index contributed by atoms with van der Waals surface area (Å²) in [4.78, 5) is 38.5. The van der Waals surface area contributed by atoms with Crippen LogP contribution in [0.2, 0.25) is 0 Å². The van der Waals surface area contributed by atoms with Crippen molar-refractivity contribution in [2.24, 2.45) is 0 Å². The van der Waals surface area contributed by atoms with Crippen molar-refractivity contribution in [1.29, 1.82) is 0 Å². The SMILES string of the molecule is CNC(=O)[C@@H]1CN(C(=O)CNC(=O)c2cccs2)c2ccccc2O1. The number of fused-ring (bicyclic) bond motifs is 1. The molecule has 7 nitrogen and oxygen atoms in total. The highest BCUT2D eigenvalue weighted by atomic mass is 32.1. The monoisotopic (exact) mass is 359 g/mol. The zero-order valence-electron chi connectivity index (χ0n) is 13.5. The Balaban J connectivity index is 1.74. The molecule has 1 aromatic carbocycles. The van der Waals surface area contributed by atoms with E-state index in [1.807, 2.05) is 0 Å². The van der Waals surface area contributed by atoms with Crippen LogP contribution < -0.4 is 20.3 Å². The maximum Gasteiger partial charge on any atom is 0.262 e. The number of benzene rings is 1. The molecule has 0 saturated heterocycles. The molecule has 1 aliphatic rings. The molecule has 130 valence electrons. The van der Waals surface area contributed by atoms with E-state index in [-0.39, 0.29) is 30.8 Å². The van der Waals surface area contributed by atoms with Crippen molar-refractivity contribution in [3.8, 4) is 5.75 Å². The molecule has 0 bridgehead atoms. The lowest BCUT2D eigenvalue weighted by molar-refractivity contribution is -0.127. The van der Waals surface area contributed by atoms with Crippen molar-refractivity contribution in [3.05, 3.63) is 46.7 Å². The Morgan fingerprint density at radius 2 is 2.04 bits per heavy atom. The van der Waals surface area contributed by atoms with Gasteiger partial charge in [-0.1, -0.05) is 18.2 Å². The lowest BCUT2D eigenvalue weighted by Gasteiger charge is -2.34. The molecular formula is C17H17N3O4S. The van der Waals surface area contributed by atoms with Gasteiger partial charge in [-0.25, -0.2) is 0 Å². The minimum Gasteiger partial charge on any atom is -0.477 e. The molecule has 1 aliphatic heterocycles. The Labute approximate surface area is 148 Å². The Kier molecular flexibility index (Phi) is 4.99. The Bertz CT molecular complexity index is 791. The number of likely N-dealkylation sites (N-methyl/N-ethyl adjacent to an activating group) is 1. The third kappa shape index (κ3) is 3.63. The number of hydrogen-bond acceptors (Lipinski definition) is 5. The van der Waals surface area contributed by atoms with E-state index in [4.69, 9.17) is 4.74 Å². The van der Waals surface area contributed by atoms with Crippen molar-refractivity contribution >= 4 is 34.7 Å². The fourth-order valence-corrected chi connectivity index (χ4v) is 3.15. The van der Waals surface area contributed by atoms with Gasteiger partial charge < -0.3 is 20.3 Å². The van der Waals surface area contributed by atoms with Crippen LogP contribution in [-0.4, -0.2) is 44.0 Å². The number of rotatable bonds is 4. The maximum absolute atomic E-state index is 12.6. The second-order valence-electron chi connectivity index (χ2n) is 5.35. The van der Waals surface area contributed by atoms with Gasteiger partial charge in [0.2, 0.25) is 5.91 Å². The number of hydrogen-bond donors (Lipinski definition) is 2. The zero-order chi connectivity index (χ0) is 17.8. The second-order valence-corrected chi connectivity index (χ2v) is 6.30. The van der Waals surface area contributed by atoms with Crippen LogP contribution in [0, 0.1) is 0 Å². The van der Waals surface area contributed by atoms with Crippen molar-refractivity contribution < 1.29 is 19.1 Å². The minimum atomic E-state index is -0.795. The summed E-state index contributed by atoms with van der Waals surface area (Å²) in [5, 5.41) is 6.93. The van der Waals surface area contributed by atoms with E-state index in [1.54, 1.807) is 41.8 Å². The van der Waals surface area contributed by atoms with Crippen LogP contribution in [0.5, 0.6) is 5.75 Å². The van der Waals surface area contributed by atoms with Gasteiger partial charge in [-0.05, 0) is 23.6 Å². The first-order valence-corrected chi connectivity index (χ1v) is 8.57. The Morgan fingerprint density at radius 3 is 2.76 bits per heavy atom. The van der Waals surface area contributed by atoms with Gasteiger partial charge in [0.05, 0.1) is 23.7 Å². The lowest BCUT2D eigenvalue weighted by atomic mass is 10.1. The quantitative estimate of drug-likeness (QED) is 0.853. The summed E-state index contributed by atoms with van der Waals surface area (Å²) in [6, 6.07) is 10.5. The first kappa shape index (κ1) is 17.0. The van der Waals surface area contributed by atoms with E-state index in [0.29, 0.717) is 16.3 Å². The molecule has 0 spiro atoms. The van der Waals surface area contributed by atoms with E-state index >= 15 is 0 Å². The van der Waals surface area contributed by atoms with E-state index in [0.717, 1.165) is 0 Å². The summed E-state index contributed by atoms with van der Waals surface area (Å²) in [5.74, 6) is -0.461. The van der Waals surface area contributed by atoms with Gasteiger partial charge in [0, 0.05) is 7.05 Å². The highest BCUT2D eigenvalue weighted by Crippen LogP contribution is 2.33. The molecule has 2 N–H and O–H groups in total. The predicted molar refractivity (Wildman–Crippen MR) is 93.9 cm³/mol. The molecule has 0 fully saturated rings. The summed E-state index contributed by atoms with van der Waals surface area (Å²) in [6.45, 7) is -0.0735. The Hall–Kier alpha value is -2.87. The molecule has 3 amide bonds. The number of amides is 3. The number of para-hydroxylation sites is 2. The molecule has 0 radical (unpaired) electrons. The van der Waals surface area contributed by atoms with Crippen molar-refractivity contribution in [2.45, 2.75) is 6.10 Å². The zero-order valence-corrected chi connectivity index (χ0v) is 14.3. The number of anilines is 1. The van der Waals surface area contributed by atoms with E-state index in [2.05, 4.69) is 10.6 Å². The molecule has 3 rings (SSSR count). The molecule has 2 heterocycles. The molecule has 25 heavy (non-hydrogen) atoms. The van der Waals surface area contributed by atoms with Crippen LogP contribution in [0.25, 0.3) is 0 Å². The smallest absolute Gasteiger partial charge is 0.262 e. The first-order chi connectivity index (χ1) is 12.1. The number of nitrogens with zero attached hydrogens (tertiary/aromatic N) is 1. The van der Waals surface area contributed by atoms with E-state index in [9.17, 15) is 14.4 Å². The fraction of sp³-hybridized carbons (Fsp3) is 0.235. The predicted octanol–water partition coefficient (Wildman–Crippen LogP) is 1.02. The number of carbonyl (C=O) groups excluding carboxylic acids is 3. The average Bonchev–Trinajstić information content (AvgIpc) is 3.19. The van der Waals surface area contributed by atoms with Crippen molar-refractivity contribution in [2.75, 3.05) is 25.0 Å². The average molecular weight is 359 g/mol. The van der Waals surface area contributed by atoms with Gasteiger partial charge in [0.1, 0.15) is 5.75 Å². The summed E-state index contributed by atoms with van der Waals surface area (Å²) < 4.78 is 5.66. The van der Waals surface area contributed by atoms with Crippen LogP contribution in [-0.2, 0) is 9.59 Å². The third-order valence-electron chi connectivity index (χ3n) is 3.76. The van der Waals surface area contributed by atoms with Gasteiger partial charge in [0.15, 0.2) is 6.10 Å². The molecule has 0 aliphatic carbocycles. The lowest BCUT2D eigenvalue weighted by Crippen LogP contribution is -2.52. The highest BCUT2D eigenvalue weighted by molar-refractivity contribution is 7.12. The molecule has 1 aromatic heterocycles. The van der Waals surface area contributed by atoms with Crippen molar-refractivity contribution in [3.63, 3.8) is 0 Å². The second kappa shape index (κ2) is 7.35. The molecule has 0 saturated carbocycles.